The molecule has 0 bridgehead atoms. The summed E-state index contributed by atoms with van der Waals surface area (Å²) in [4.78, 5) is 43.6. The third kappa shape index (κ3) is 4.62. The molecule has 0 spiro atoms. The maximum Gasteiger partial charge on any atom is 0.311 e. The molecule has 1 aliphatic heterocycles. The molecule has 3 rings (SSSR count). The second-order valence-electron chi connectivity index (χ2n) is 8.51. The number of aromatic amines is 1. The average molecular weight is 548 g/mol. The van der Waals surface area contributed by atoms with Gasteiger partial charge in [0.1, 0.15) is 6.67 Å². The highest BCUT2D eigenvalue weighted by Gasteiger charge is 2.66. The Hall–Kier alpha value is -2.34. The van der Waals surface area contributed by atoms with Crippen LogP contribution >= 0.6 is 35.0 Å². The summed E-state index contributed by atoms with van der Waals surface area (Å²) in [6, 6.07) is 3.14. The van der Waals surface area contributed by atoms with Crippen molar-refractivity contribution in [1.29, 1.82) is 0 Å². The molecule has 190 valence electrons. The predicted molar refractivity (Wildman–Crippen MR) is 129 cm³/mol. The number of benzene rings is 1. The van der Waals surface area contributed by atoms with Crippen molar-refractivity contribution in [3.8, 4) is 5.88 Å². The van der Waals surface area contributed by atoms with Crippen LogP contribution in [-0.4, -0.2) is 61.7 Å². The zero-order chi connectivity index (χ0) is 26.1. The minimum Gasteiger partial charge on any atom is -0.493 e. The van der Waals surface area contributed by atoms with Crippen LogP contribution in [0, 0.1) is 10.8 Å². The van der Waals surface area contributed by atoms with Crippen molar-refractivity contribution in [2.75, 3.05) is 12.4 Å². The molecule has 0 amide bonds. The molecule has 1 fully saturated rings. The summed E-state index contributed by atoms with van der Waals surface area (Å²) in [6.45, 7) is 1.81. The van der Waals surface area contributed by atoms with E-state index in [9.17, 15) is 34.1 Å². The zero-order valence-electron chi connectivity index (χ0n) is 18.7. The maximum atomic E-state index is 14.4. The van der Waals surface area contributed by atoms with Gasteiger partial charge in [-0.3, -0.25) is 14.4 Å². The molecule has 1 aliphatic rings. The van der Waals surface area contributed by atoms with Gasteiger partial charge in [-0.25, -0.2) is 4.39 Å². The van der Waals surface area contributed by atoms with Crippen LogP contribution in [0.5, 0.6) is 5.88 Å². The van der Waals surface area contributed by atoms with E-state index in [1.165, 1.54) is 25.1 Å². The van der Waals surface area contributed by atoms with Gasteiger partial charge < -0.3 is 25.6 Å². The first kappa shape index (κ1) is 27.3. The normalized spacial score (nSPS) is 28.5. The van der Waals surface area contributed by atoms with Crippen LogP contribution in [0.15, 0.2) is 34.2 Å². The Balaban J connectivity index is 2.23. The molecule has 13 heteroatoms. The number of aromatic nitrogens is 2. The van der Waals surface area contributed by atoms with Crippen molar-refractivity contribution >= 4 is 46.9 Å². The summed E-state index contributed by atoms with van der Waals surface area (Å²) < 4.78 is 14.4. The van der Waals surface area contributed by atoms with Crippen molar-refractivity contribution in [1.82, 2.24) is 15.3 Å². The first-order valence-electron chi connectivity index (χ1n) is 10.6. The van der Waals surface area contributed by atoms with E-state index >= 15 is 0 Å². The van der Waals surface area contributed by atoms with Gasteiger partial charge in [-0.15, -0.1) is 0 Å². The van der Waals surface area contributed by atoms with Crippen molar-refractivity contribution in [2.24, 2.45) is 10.8 Å². The van der Waals surface area contributed by atoms with Crippen molar-refractivity contribution in [3.63, 3.8) is 0 Å². The van der Waals surface area contributed by atoms with Crippen LogP contribution < -0.4 is 10.9 Å². The number of nitrogens with zero attached hydrogens (tertiary/aromatic N) is 1. The minimum atomic E-state index is -1.92. The van der Waals surface area contributed by atoms with E-state index in [-0.39, 0.29) is 32.9 Å². The van der Waals surface area contributed by atoms with Crippen LogP contribution in [0.2, 0.25) is 10.0 Å². The number of thioether (sulfide) groups is 1. The Morgan fingerprint density at radius 3 is 2.46 bits per heavy atom. The number of carboxylic acid groups (broad SMARTS) is 2. The Bertz CT molecular complexity index is 1200. The monoisotopic (exact) mass is 547 g/mol. The van der Waals surface area contributed by atoms with Gasteiger partial charge in [-0.2, -0.15) is 4.98 Å². The number of hydrogen-bond donors (Lipinski definition) is 5. The minimum absolute atomic E-state index is 0.00407. The number of alkyl halides is 1. The largest absolute Gasteiger partial charge is 0.493 e. The highest BCUT2D eigenvalue weighted by atomic mass is 35.5. The van der Waals surface area contributed by atoms with Gasteiger partial charge in [-0.1, -0.05) is 54.0 Å². The van der Waals surface area contributed by atoms with E-state index in [1.807, 2.05) is 0 Å². The molecule has 5 atom stereocenters. The van der Waals surface area contributed by atoms with Crippen LogP contribution in [0.4, 0.5) is 4.39 Å². The van der Waals surface area contributed by atoms with Gasteiger partial charge in [0.2, 0.25) is 5.88 Å². The van der Waals surface area contributed by atoms with Gasteiger partial charge in [-0.05, 0) is 25.0 Å². The fraction of sp³-hybridized carbons (Fsp3) is 0.455. The number of halogens is 3. The molecular formula is C22H24Cl2FN3O6S. The molecule has 0 saturated carbocycles. The van der Waals surface area contributed by atoms with Crippen LogP contribution in [0.25, 0.3) is 0 Å². The Morgan fingerprint density at radius 2 is 1.91 bits per heavy atom. The third-order valence-electron chi connectivity index (χ3n) is 6.85. The van der Waals surface area contributed by atoms with Gasteiger partial charge in [0.15, 0.2) is 5.16 Å². The Morgan fingerprint density at radius 1 is 1.23 bits per heavy atom. The maximum absolute atomic E-state index is 14.4. The predicted octanol–water partition coefficient (Wildman–Crippen LogP) is 3.54. The van der Waals surface area contributed by atoms with E-state index in [2.05, 4.69) is 15.3 Å². The summed E-state index contributed by atoms with van der Waals surface area (Å²) >= 11 is 13.6. The summed E-state index contributed by atoms with van der Waals surface area (Å²) in [5, 5.41) is 33.5. The second-order valence-corrected chi connectivity index (χ2v) is 10.3. The summed E-state index contributed by atoms with van der Waals surface area (Å²) in [6.07, 6.45) is -0.0417. The lowest BCUT2D eigenvalue weighted by atomic mass is 9.51. The lowest BCUT2D eigenvalue weighted by Crippen LogP contribution is -2.71. The number of carboxylic acids is 2. The molecule has 1 aromatic heterocycles. The number of H-pyrrole nitrogens is 1. The molecule has 5 unspecified atom stereocenters. The van der Waals surface area contributed by atoms with Crippen molar-refractivity contribution < 1.29 is 29.3 Å². The third-order valence-corrected chi connectivity index (χ3v) is 8.65. The smallest absolute Gasteiger partial charge is 0.311 e. The first-order chi connectivity index (χ1) is 16.4. The molecule has 9 nitrogen and oxygen atoms in total. The first-order valence-corrected chi connectivity index (χ1v) is 12.3. The summed E-state index contributed by atoms with van der Waals surface area (Å²) in [7, 11) is 0. The van der Waals surface area contributed by atoms with E-state index in [4.69, 9.17) is 23.2 Å². The number of aromatic hydroxyl groups is 1. The van der Waals surface area contributed by atoms with Gasteiger partial charge in [0.25, 0.3) is 5.56 Å². The lowest BCUT2D eigenvalue weighted by Gasteiger charge is -2.57. The van der Waals surface area contributed by atoms with Crippen LogP contribution in [0.3, 0.4) is 0 Å². The number of hydrogen-bond acceptors (Lipinski definition) is 7. The van der Waals surface area contributed by atoms with E-state index < -0.39 is 58.9 Å². The average Bonchev–Trinajstić information content (AvgIpc) is 2.78. The fourth-order valence-electron chi connectivity index (χ4n) is 5.05. The van der Waals surface area contributed by atoms with Gasteiger partial charge in [0, 0.05) is 17.7 Å². The standard InChI is InChI=1S/C22H24Cl2FN3O6S/c1-3-22(19(33)34)13(9-35-20-27-14(29)7-15(30)28-20)26-12(8-25)21(2,18(31)32)17(22)10-5-4-6-11(23)16(10)24/h4-7,12-13,17,26H,3,8-9H2,1-2H3,(H,31,32)(H,33,34)(H2,27,28,29,30). The molecule has 0 radical (unpaired) electrons. The van der Waals surface area contributed by atoms with Crippen molar-refractivity contribution in [3.05, 3.63) is 50.2 Å². The second kappa shape index (κ2) is 10.3. The molecular weight excluding hydrogens is 524 g/mol. The number of carbonyl (C=O) groups is 2. The number of piperidine rings is 1. The molecule has 2 aromatic rings. The topological polar surface area (TPSA) is 153 Å². The van der Waals surface area contributed by atoms with Gasteiger partial charge >= 0.3 is 11.9 Å². The molecule has 5 N–H and O–H groups in total. The molecule has 2 heterocycles. The molecule has 0 aliphatic carbocycles. The van der Waals surface area contributed by atoms with Crippen LogP contribution in [-0.2, 0) is 9.59 Å². The zero-order valence-corrected chi connectivity index (χ0v) is 21.0. The van der Waals surface area contributed by atoms with Crippen LogP contribution in [0.1, 0.15) is 31.7 Å². The van der Waals surface area contributed by atoms with E-state index in [0.717, 1.165) is 17.8 Å². The molecule has 35 heavy (non-hydrogen) atoms. The van der Waals surface area contributed by atoms with Crippen molar-refractivity contribution in [2.45, 2.75) is 43.4 Å². The highest BCUT2D eigenvalue weighted by Crippen LogP contribution is 2.59. The fourth-order valence-corrected chi connectivity index (χ4v) is 6.51. The Kier molecular flexibility index (Phi) is 8.05. The lowest BCUT2D eigenvalue weighted by molar-refractivity contribution is -0.172. The number of rotatable bonds is 8. The number of nitrogens with one attached hydrogen (secondary N) is 2. The quantitative estimate of drug-likeness (QED) is 0.246. The van der Waals surface area contributed by atoms with E-state index in [0.29, 0.717) is 0 Å². The highest BCUT2D eigenvalue weighted by molar-refractivity contribution is 7.99. The molecule has 1 saturated heterocycles. The van der Waals surface area contributed by atoms with E-state index in [1.54, 1.807) is 6.92 Å². The summed E-state index contributed by atoms with van der Waals surface area (Å²) in [5.41, 5.74) is -4.12. The SMILES string of the molecule is CCC1(C(=O)O)C(CSc2nc(O)cc(=O)[nH]2)NC(CF)C(C)(C(=O)O)C1c1cccc(Cl)c1Cl. The Labute approximate surface area is 214 Å². The molecule has 1 aromatic carbocycles. The van der Waals surface area contributed by atoms with Gasteiger partial charge in [0.05, 0.1) is 33.0 Å². The number of aliphatic carboxylic acids is 2. The summed E-state index contributed by atoms with van der Waals surface area (Å²) in [5.74, 6) is -4.55.